The SMILES string of the molecule is CC(=O)Cc1cccc(O)c1OC(F)F. The number of rotatable bonds is 4. The molecule has 1 rings (SSSR count). The van der Waals surface area contributed by atoms with E-state index in [2.05, 4.69) is 4.74 Å². The van der Waals surface area contributed by atoms with Crippen molar-refractivity contribution in [1.82, 2.24) is 0 Å². The van der Waals surface area contributed by atoms with Crippen LogP contribution in [-0.2, 0) is 11.2 Å². The molecule has 15 heavy (non-hydrogen) atoms. The van der Waals surface area contributed by atoms with E-state index in [4.69, 9.17) is 0 Å². The molecule has 1 aromatic carbocycles. The molecule has 0 amide bonds. The van der Waals surface area contributed by atoms with Crippen LogP contribution in [0.4, 0.5) is 8.78 Å². The fourth-order valence-electron chi connectivity index (χ4n) is 1.20. The van der Waals surface area contributed by atoms with E-state index in [-0.39, 0.29) is 23.5 Å². The average Bonchev–Trinajstić information content (AvgIpc) is 2.09. The number of carbonyl (C=O) groups is 1. The molecule has 1 N–H and O–H groups in total. The molecule has 0 aliphatic carbocycles. The molecule has 0 aromatic heterocycles. The van der Waals surface area contributed by atoms with Crippen LogP contribution in [-0.4, -0.2) is 17.5 Å². The number of alkyl halides is 2. The molecule has 0 radical (unpaired) electrons. The summed E-state index contributed by atoms with van der Waals surface area (Å²) in [5, 5.41) is 9.28. The standard InChI is InChI=1S/C10H10F2O3/c1-6(13)5-7-3-2-4-8(14)9(7)15-10(11)12/h2-4,10,14H,5H2,1H3. The van der Waals surface area contributed by atoms with Crippen molar-refractivity contribution in [3.8, 4) is 11.5 Å². The fraction of sp³-hybridized carbons (Fsp3) is 0.300. The van der Waals surface area contributed by atoms with E-state index in [1.165, 1.54) is 25.1 Å². The van der Waals surface area contributed by atoms with Crippen molar-refractivity contribution in [3.63, 3.8) is 0 Å². The van der Waals surface area contributed by atoms with Gasteiger partial charge in [0.1, 0.15) is 5.78 Å². The number of carbonyl (C=O) groups excluding carboxylic acids is 1. The number of aromatic hydroxyl groups is 1. The molecule has 0 heterocycles. The number of hydrogen-bond acceptors (Lipinski definition) is 3. The highest BCUT2D eigenvalue weighted by Crippen LogP contribution is 2.31. The number of hydrogen-bond donors (Lipinski definition) is 1. The van der Waals surface area contributed by atoms with Crippen LogP contribution in [0.25, 0.3) is 0 Å². The molecule has 0 aliphatic heterocycles. The van der Waals surface area contributed by atoms with E-state index in [0.29, 0.717) is 0 Å². The fourth-order valence-corrected chi connectivity index (χ4v) is 1.20. The highest BCUT2D eigenvalue weighted by Gasteiger charge is 2.14. The van der Waals surface area contributed by atoms with E-state index >= 15 is 0 Å². The maximum Gasteiger partial charge on any atom is 0.387 e. The monoisotopic (exact) mass is 216 g/mol. The number of ketones is 1. The van der Waals surface area contributed by atoms with Crippen LogP contribution in [0.15, 0.2) is 18.2 Å². The lowest BCUT2D eigenvalue weighted by Crippen LogP contribution is -2.06. The molecule has 0 bridgehead atoms. The second-order valence-electron chi connectivity index (χ2n) is 3.02. The van der Waals surface area contributed by atoms with Crippen molar-refractivity contribution in [3.05, 3.63) is 23.8 Å². The van der Waals surface area contributed by atoms with Gasteiger partial charge in [0.05, 0.1) is 0 Å². The van der Waals surface area contributed by atoms with Crippen LogP contribution in [0.2, 0.25) is 0 Å². The summed E-state index contributed by atoms with van der Waals surface area (Å²) in [5.74, 6) is -0.920. The lowest BCUT2D eigenvalue weighted by Gasteiger charge is -2.10. The van der Waals surface area contributed by atoms with Crippen LogP contribution >= 0.6 is 0 Å². The van der Waals surface area contributed by atoms with E-state index in [1.807, 2.05) is 0 Å². The van der Waals surface area contributed by atoms with Gasteiger partial charge in [0.25, 0.3) is 0 Å². The molecule has 5 heteroatoms. The summed E-state index contributed by atoms with van der Waals surface area (Å²) >= 11 is 0. The maximum absolute atomic E-state index is 12.0. The van der Waals surface area contributed by atoms with Gasteiger partial charge in [-0.2, -0.15) is 8.78 Å². The van der Waals surface area contributed by atoms with Crippen LogP contribution < -0.4 is 4.74 Å². The van der Waals surface area contributed by atoms with Crippen molar-refractivity contribution in [2.45, 2.75) is 20.0 Å². The highest BCUT2D eigenvalue weighted by molar-refractivity contribution is 5.79. The highest BCUT2D eigenvalue weighted by atomic mass is 19.3. The Bertz CT molecular complexity index is 364. The van der Waals surface area contributed by atoms with Crippen LogP contribution in [0.1, 0.15) is 12.5 Å². The number of phenolic OH excluding ortho intramolecular Hbond substituents is 1. The number of phenols is 1. The van der Waals surface area contributed by atoms with Gasteiger partial charge in [-0.3, -0.25) is 4.79 Å². The van der Waals surface area contributed by atoms with Crippen LogP contribution in [0.3, 0.4) is 0 Å². The van der Waals surface area contributed by atoms with Crippen molar-refractivity contribution in [1.29, 1.82) is 0 Å². The van der Waals surface area contributed by atoms with Gasteiger partial charge in [0, 0.05) is 12.0 Å². The Morgan fingerprint density at radius 2 is 2.20 bits per heavy atom. The summed E-state index contributed by atoms with van der Waals surface area (Å²) in [7, 11) is 0. The Morgan fingerprint density at radius 3 is 2.73 bits per heavy atom. The van der Waals surface area contributed by atoms with Gasteiger partial charge in [-0.25, -0.2) is 0 Å². The van der Waals surface area contributed by atoms with Gasteiger partial charge in [0.15, 0.2) is 11.5 Å². The third-order valence-electron chi connectivity index (χ3n) is 1.72. The molecule has 82 valence electrons. The molecule has 0 unspecified atom stereocenters. The Balaban J connectivity index is 3.02. The normalized spacial score (nSPS) is 10.4. The Labute approximate surface area is 85.3 Å². The van der Waals surface area contributed by atoms with Crippen molar-refractivity contribution in [2.24, 2.45) is 0 Å². The number of ether oxygens (including phenoxy) is 1. The lowest BCUT2D eigenvalue weighted by atomic mass is 10.1. The van der Waals surface area contributed by atoms with E-state index in [1.54, 1.807) is 0 Å². The summed E-state index contributed by atoms with van der Waals surface area (Å²) in [6.45, 7) is -1.69. The summed E-state index contributed by atoms with van der Waals surface area (Å²) in [4.78, 5) is 10.8. The molecule has 1 aromatic rings. The first kappa shape index (κ1) is 11.4. The third kappa shape index (κ3) is 3.19. The minimum atomic E-state index is -3.02. The maximum atomic E-state index is 12.0. The van der Waals surface area contributed by atoms with Gasteiger partial charge in [-0.1, -0.05) is 12.1 Å². The summed E-state index contributed by atoms with van der Waals surface area (Å²) in [6, 6.07) is 4.14. The quantitative estimate of drug-likeness (QED) is 0.838. The predicted octanol–water partition coefficient (Wildman–Crippen LogP) is 2.13. The first-order valence-corrected chi connectivity index (χ1v) is 4.26. The summed E-state index contributed by atoms with van der Waals surface area (Å²) < 4.78 is 28.1. The molecule has 0 spiro atoms. The Hall–Kier alpha value is -1.65. The molecule has 0 fully saturated rings. The number of Topliss-reactive ketones (excluding diaryl/α,β-unsaturated/α-hetero) is 1. The molecule has 0 saturated heterocycles. The number of benzene rings is 1. The van der Waals surface area contributed by atoms with Crippen LogP contribution in [0.5, 0.6) is 11.5 Å². The van der Waals surface area contributed by atoms with Crippen molar-refractivity contribution in [2.75, 3.05) is 0 Å². The smallest absolute Gasteiger partial charge is 0.387 e. The number of para-hydroxylation sites is 1. The molecule has 0 atom stereocenters. The van der Waals surface area contributed by atoms with E-state index in [0.717, 1.165) is 0 Å². The van der Waals surface area contributed by atoms with Crippen molar-refractivity contribution < 1.29 is 23.4 Å². The first-order valence-electron chi connectivity index (χ1n) is 4.26. The second-order valence-corrected chi connectivity index (χ2v) is 3.02. The minimum Gasteiger partial charge on any atom is -0.504 e. The third-order valence-corrected chi connectivity index (χ3v) is 1.72. The Morgan fingerprint density at radius 1 is 1.53 bits per heavy atom. The topological polar surface area (TPSA) is 46.5 Å². The average molecular weight is 216 g/mol. The first-order chi connectivity index (χ1) is 7.00. The minimum absolute atomic E-state index is 0.0452. The second kappa shape index (κ2) is 4.72. The summed E-state index contributed by atoms with van der Waals surface area (Å²) in [5.41, 5.74) is 0.253. The molecule has 0 aliphatic rings. The molecule has 0 saturated carbocycles. The predicted molar refractivity (Wildman–Crippen MR) is 49.1 cm³/mol. The van der Waals surface area contributed by atoms with Gasteiger partial charge < -0.3 is 9.84 Å². The van der Waals surface area contributed by atoms with E-state index in [9.17, 15) is 18.7 Å². The lowest BCUT2D eigenvalue weighted by molar-refractivity contribution is -0.116. The number of halogens is 2. The molecule has 3 nitrogen and oxygen atoms in total. The largest absolute Gasteiger partial charge is 0.504 e. The van der Waals surface area contributed by atoms with Gasteiger partial charge in [0.2, 0.25) is 0 Å². The van der Waals surface area contributed by atoms with Crippen LogP contribution in [0, 0.1) is 0 Å². The zero-order valence-electron chi connectivity index (χ0n) is 8.04. The zero-order valence-corrected chi connectivity index (χ0v) is 8.04. The molecular formula is C10H10F2O3. The van der Waals surface area contributed by atoms with Gasteiger partial charge in [-0.05, 0) is 13.0 Å². The van der Waals surface area contributed by atoms with Gasteiger partial charge in [-0.15, -0.1) is 0 Å². The van der Waals surface area contributed by atoms with Crippen molar-refractivity contribution >= 4 is 5.78 Å². The van der Waals surface area contributed by atoms with E-state index < -0.39 is 12.4 Å². The summed E-state index contributed by atoms with van der Waals surface area (Å²) in [6.07, 6.45) is -0.0452. The Kier molecular flexibility index (Phi) is 3.60. The van der Waals surface area contributed by atoms with Gasteiger partial charge >= 0.3 is 6.61 Å². The zero-order chi connectivity index (χ0) is 11.4. The molecular weight excluding hydrogens is 206 g/mol.